The Morgan fingerprint density at radius 3 is 1.50 bits per heavy atom. The van der Waals surface area contributed by atoms with Gasteiger partial charge >= 0.3 is 5.20 Å². The van der Waals surface area contributed by atoms with Gasteiger partial charge in [-0.05, 0) is 157 Å². The van der Waals surface area contributed by atoms with Crippen molar-refractivity contribution >= 4 is 137 Å². The molecule has 6 aromatic heterocycles. The lowest BCUT2D eigenvalue weighted by Gasteiger charge is -2.11. The van der Waals surface area contributed by atoms with Gasteiger partial charge in [0.25, 0.3) is 5.56 Å². The molecule has 66 heavy (non-hydrogen) atoms. The zero-order valence-corrected chi connectivity index (χ0v) is 44.1. The number of H-pyrrole nitrogens is 1. The fraction of sp³-hybridized carbons (Fsp3) is 0.125. The van der Waals surface area contributed by atoms with Crippen molar-refractivity contribution in [1.82, 2.24) is 29.9 Å². The summed E-state index contributed by atoms with van der Waals surface area (Å²) >= 11 is 30.3. The van der Waals surface area contributed by atoms with Gasteiger partial charge in [-0.25, -0.2) is 9.97 Å². The molecule has 0 saturated carbocycles. The Morgan fingerprint density at radius 1 is 0.606 bits per heavy atom. The maximum absolute atomic E-state index is 12.1. The normalized spacial score (nSPS) is 11.0. The second kappa shape index (κ2) is 23.6. The number of halogens is 7. The molecular weight excluding hydrogens is 1130 g/mol. The molecule has 0 aliphatic heterocycles. The van der Waals surface area contributed by atoms with Crippen molar-refractivity contribution in [1.29, 1.82) is 0 Å². The van der Waals surface area contributed by atoms with Gasteiger partial charge in [0, 0.05) is 60.5 Å². The maximum Gasteiger partial charge on any atom is 0.339 e. The lowest BCUT2D eigenvalue weighted by molar-refractivity contribution is 0.600. The van der Waals surface area contributed by atoms with E-state index in [2.05, 4.69) is 162 Å². The smallest absolute Gasteiger partial charge is 0.339 e. The third-order valence-corrected chi connectivity index (χ3v) is 11.2. The number of aryl methyl sites for hydroxylation is 3. The highest BCUT2D eigenvalue weighted by Gasteiger charge is 2.11. The van der Waals surface area contributed by atoms with Crippen LogP contribution < -0.4 is 16.6 Å². The number of aromatic nitrogens is 6. The van der Waals surface area contributed by atoms with Gasteiger partial charge in [-0.2, -0.15) is 0 Å². The Labute approximate surface area is 426 Å². The summed E-state index contributed by atoms with van der Waals surface area (Å²) in [5.74, 6) is 0.848. The highest BCUT2D eigenvalue weighted by molar-refractivity contribution is 9.11. The first-order valence-corrected chi connectivity index (χ1v) is 27.2. The highest BCUT2D eigenvalue weighted by atomic mass is 79.9. The second-order valence-electron chi connectivity index (χ2n) is 14.8. The molecule has 0 fully saturated rings. The van der Waals surface area contributed by atoms with E-state index in [9.17, 15) is 9.36 Å². The standard InChI is InChI=1S/C18H19BrN4.C15H10BrClN2.C15H11BrN2O.Cl3OP/c1-12-3-5-13(6-4-12)16-10-17-15(9-14(19)11-22-17)18(23-16)21-8-2-7-20;1-9-2-4-10(5-3-9)13-7-14-12(15(17)19-13)6-11(16)8-18-14;1-9-2-4-10(5-3-9)13-7-14-12(15(19)18-13)6-11(16)8-17-14;1-5(2,3)4/h3-6,9-11H,2,7-8,20H2,1H3,(H,21,23);2-8H,1H3;2-8H,1H3,(H,18,19);. The van der Waals surface area contributed by atoms with Gasteiger partial charge in [-0.1, -0.05) is 101 Å². The van der Waals surface area contributed by atoms with Crippen LogP contribution in [0.3, 0.4) is 0 Å². The molecule has 4 N–H and O–H groups in total. The molecule has 0 aliphatic rings. The van der Waals surface area contributed by atoms with E-state index in [4.69, 9.17) is 22.3 Å². The Hall–Kier alpha value is -4.27. The summed E-state index contributed by atoms with van der Waals surface area (Å²) in [4.78, 5) is 37.4. The van der Waals surface area contributed by atoms with Gasteiger partial charge in [0.05, 0.1) is 39.0 Å². The fourth-order valence-corrected chi connectivity index (χ4v) is 7.58. The third kappa shape index (κ3) is 14.9. The molecule has 0 bridgehead atoms. The van der Waals surface area contributed by atoms with Crippen LogP contribution in [0.2, 0.25) is 5.15 Å². The number of hydrogen-bond donors (Lipinski definition) is 3. The fourth-order valence-electron chi connectivity index (χ4n) is 6.34. The van der Waals surface area contributed by atoms with Crippen LogP contribution in [-0.2, 0) is 4.57 Å². The van der Waals surface area contributed by atoms with Crippen LogP contribution in [0.25, 0.3) is 66.5 Å². The van der Waals surface area contributed by atoms with Crippen molar-refractivity contribution in [2.24, 2.45) is 5.73 Å². The predicted molar refractivity (Wildman–Crippen MR) is 287 cm³/mol. The van der Waals surface area contributed by atoms with Gasteiger partial charge in [0.2, 0.25) is 0 Å². The Bertz CT molecular complexity index is 3230. The number of nitrogens with zero attached hydrogens (tertiary/aromatic N) is 5. The van der Waals surface area contributed by atoms with E-state index in [1.807, 2.05) is 79.9 Å². The number of pyridine rings is 6. The van der Waals surface area contributed by atoms with E-state index in [0.29, 0.717) is 22.6 Å². The monoisotopic (exact) mass is 1170 g/mol. The van der Waals surface area contributed by atoms with Gasteiger partial charge in [0.1, 0.15) is 11.0 Å². The van der Waals surface area contributed by atoms with E-state index in [0.717, 1.165) is 87.8 Å². The first kappa shape index (κ1) is 51.1. The van der Waals surface area contributed by atoms with Crippen molar-refractivity contribution in [2.45, 2.75) is 27.2 Å². The topological polar surface area (TPSA) is 152 Å². The molecule has 0 spiro atoms. The van der Waals surface area contributed by atoms with Crippen molar-refractivity contribution in [3.63, 3.8) is 0 Å². The SMILES string of the molecule is Cc1ccc(-c2cc3ncc(Br)cc3c(=O)[nH]2)cc1.Cc1ccc(-c2cc3ncc(Br)cc3c(Cl)n2)cc1.Cc1ccc(-c2cc3ncc(Br)cc3c(NCCCN)n2)cc1.O=P(Cl)(Cl)Cl. The third-order valence-electron chi connectivity index (χ3n) is 9.64. The number of fused-ring (bicyclic) bond motifs is 3. The van der Waals surface area contributed by atoms with E-state index in [1.165, 1.54) is 16.7 Å². The van der Waals surface area contributed by atoms with Crippen molar-refractivity contribution < 1.29 is 4.57 Å². The van der Waals surface area contributed by atoms with E-state index in [1.54, 1.807) is 18.5 Å². The van der Waals surface area contributed by atoms with Crippen molar-refractivity contribution in [2.75, 3.05) is 18.4 Å². The van der Waals surface area contributed by atoms with Crippen LogP contribution in [0, 0.1) is 20.8 Å². The van der Waals surface area contributed by atoms with Crippen LogP contribution >= 0.6 is 98.3 Å². The highest BCUT2D eigenvalue weighted by Crippen LogP contribution is 2.61. The summed E-state index contributed by atoms with van der Waals surface area (Å²) in [6, 6.07) is 36.2. The molecule has 9 rings (SSSR count). The molecule has 0 unspecified atom stereocenters. The summed E-state index contributed by atoms with van der Waals surface area (Å²) in [5.41, 5.74) is 17.2. The predicted octanol–water partition coefficient (Wildman–Crippen LogP) is 15.6. The molecule has 18 heteroatoms. The first-order chi connectivity index (χ1) is 31.4. The van der Waals surface area contributed by atoms with Crippen LogP contribution in [0.1, 0.15) is 23.1 Å². The van der Waals surface area contributed by atoms with E-state index < -0.39 is 5.20 Å². The minimum atomic E-state index is -3.22. The average molecular weight is 1170 g/mol. The summed E-state index contributed by atoms with van der Waals surface area (Å²) in [5, 5.41) is 3.09. The molecule has 0 atom stereocenters. The number of rotatable bonds is 7. The number of nitrogens with one attached hydrogen (secondary N) is 2. The first-order valence-electron chi connectivity index (χ1n) is 20.0. The minimum Gasteiger partial charge on any atom is -0.369 e. The quantitative estimate of drug-likeness (QED) is 0.0804. The lowest BCUT2D eigenvalue weighted by Crippen LogP contribution is -2.10. The summed E-state index contributed by atoms with van der Waals surface area (Å²) in [6.07, 6.45) is 6.17. The lowest BCUT2D eigenvalue weighted by atomic mass is 10.1. The Balaban J connectivity index is 0.000000156. The summed E-state index contributed by atoms with van der Waals surface area (Å²) in [6.45, 7) is 7.62. The van der Waals surface area contributed by atoms with Crippen LogP contribution in [0.4, 0.5) is 5.82 Å². The van der Waals surface area contributed by atoms with Gasteiger partial charge < -0.3 is 16.0 Å². The van der Waals surface area contributed by atoms with Crippen LogP contribution in [0.5, 0.6) is 0 Å². The number of aromatic amines is 1. The molecule has 0 aliphatic carbocycles. The number of hydrogen-bond acceptors (Lipinski definition) is 9. The molecule has 10 nitrogen and oxygen atoms in total. The molecule has 0 saturated heterocycles. The average Bonchev–Trinajstić information content (AvgIpc) is 3.27. The largest absolute Gasteiger partial charge is 0.369 e. The maximum atomic E-state index is 12.1. The van der Waals surface area contributed by atoms with Crippen molar-refractivity contribution in [3.8, 4) is 33.8 Å². The number of nitrogens with two attached hydrogens (primary N) is 1. The van der Waals surface area contributed by atoms with Gasteiger partial charge in [-0.3, -0.25) is 24.3 Å². The molecule has 0 radical (unpaired) electrons. The van der Waals surface area contributed by atoms with Gasteiger partial charge in [-0.15, -0.1) is 0 Å². The molecule has 3 aromatic carbocycles. The van der Waals surface area contributed by atoms with Crippen LogP contribution in [0.15, 0.2) is 146 Å². The van der Waals surface area contributed by atoms with Crippen LogP contribution in [-0.4, -0.2) is 43.0 Å². The summed E-state index contributed by atoms with van der Waals surface area (Å²) in [7, 11) is 0. The molecule has 0 amide bonds. The molecule has 338 valence electrons. The zero-order chi connectivity index (χ0) is 47.5. The summed E-state index contributed by atoms with van der Waals surface area (Å²) < 4.78 is 12.1. The minimum absolute atomic E-state index is 0.123. The Morgan fingerprint density at radius 2 is 1.02 bits per heavy atom. The molecule has 9 aromatic rings. The van der Waals surface area contributed by atoms with Crippen molar-refractivity contribution in [3.05, 3.63) is 173 Å². The molecular formula is C48H40Br3Cl4N8O2P. The number of benzene rings is 3. The zero-order valence-electron chi connectivity index (χ0n) is 35.5. The van der Waals surface area contributed by atoms with E-state index >= 15 is 0 Å². The van der Waals surface area contributed by atoms with Gasteiger partial charge in [0.15, 0.2) is 0 Å². The van der Waals surface area contributed by atoms with E-state index in [-0.39, 0.29) is 5.56 Å². The Kier molecular flexibility index (Phi) is 18.3. The second-order valence-corrected chi connectivity index (χ2v) is 24.5. The molecule has 6 heterocycles. The number of anilines is 1.